The van der Waals surface area contributed by atoms with Crippen LogP contribution < -0.4 is 0 Å². The maximum Gasteiger partial charge on any atom is 0.123 e. The molecule has 0 unspecified atom stereocenters. The molecule has 156 valence electrons. The third-order valence-corrected chi connectivity index (χ3v) is 13.1. The Morgan fingerprint density at radius 3 is 1.97 bits per heavy atom. The van der Waals surface area contributed by atoms with Crippen molar-refractivity contribution in [2.75, 3.05) is 13.7 Å². The van der Waals surface area contributed by atoms with Crippen LogP contribution in [0, 0.1) is 11.7 Å². The van der Waals surface area contributed by atoms with Crippen LogP contribution in [0.5, 0.6) is 0 Å². The molecule has 0 aromatic heterocycles. The second-order valence-electron chi connectivity index (χ2n) is 9.48. The number of benzene rings is 2. The number of hydrogen-bond donors (Lipinski definition) is 0. The molecule has 2 heterocycles. The second-order valence-corrected chi connectivity index (χ2v) is 14.5. The third kappa shape index (κ3) is 5.18. The molecule has 4 rings (SSSR count). The lowest BCUT2D eigenvalue weighted by Gasteiger charge is -2.43. The van der Waals surface area contributed by atoms with Crippen LogP contribution in [0.4, 0.5) is 4.39 Å². The van der Waals surface area contributed by atoms with Gasteiger partial charge in [0.05, 0.1) is 8.07 Å². The topological polar surface area (TPSA) is 9.23 Å². The third-order valence-electron chi connectivity index (χ3n) is 7.73. The van der Waals surface area contributed by atoms with Gasteiger partial charge in [-0.3, -0.25) is 0 Å². The van der Waals surface area contributed by atoms with Gasteiger partial charge in [0, 0.05) is 13.7 Å². The first kappa shape index (κ1) is 20.8. The van der Waals surface area contributed by atoms with Crippen LogP contribution in [-0.4, -0.2) is 21.8 Å². The summed E-state index contributed by atoms with van der Waals surface area (Å²) in [6, 6.07) is 22.1. The van der Waals surface area contributed by atoms with E-state index < -0.39 is 8.07 Å². The van der Waals surface area contributed by atoms with Crippen molar-refractivity contribution in [3.63, 3.8) is 0 Å². The Kier molecular flexibility index (Phi) is 6.87. The van der Waals surface area contributed by atoms with Crippen LogP contribution in [0.1, 0.15) is 50.0 Å². The molecule has 3 heteroatoms. The van der Waals surface area contributed by atoms with E-state index in [2.05, 4.69) is 24.3 Å². The van der Waals surface area contributed by atoms with Gasteiger partial charge in [0.1, 0.15) is 5.82 Å². The molecule has 0 saturated carbocycles. The zero-order valence-corrected chi connectivity index (χ0v) is 18.8. The molecule has 2 saturated heterocycles. The number of hydrogen-bond acceptors (Lipinski definition) is 1. The van der Waals surface area contributed by atoms with Gasteiger partial charge in [0.2, 0.25) is 0 Å². The Morgan fingerprint density at radius 2 is 1.38 bits per heavy atom. The molecule has 1 spiro atoms. The zero-order chi connectivity index (χ0) is 20.1. The van der Waals surface area contributed by atoms with E-state index in [1.54, 1.807) is 36.3 Å². The highest BCUT2D eigenvalue weighted by atomic mass is 28.3. The van der Waals surface area contributed by atoms with Crippen LogP contribution in [0.2, 0.25) is 24.2 Å². The lowest BCUT2D eigenvalue weighted by atomic mass is 9.92. The molecule has 0 aliphatic carbocycles. The maximum absolute atomic E-state index is 13.1. The fourth-order valence-electron chi connectivity index (χ4n) is 5.75. The van der Waals surface area contributed by atoms with Gasteiger partial charge in [-0.2, -0.15) is 0 Å². The van der Waals surface area contributed by atoms with Gasteiger partial charge < -0.3 is 4.74 Å². The second kappa shape index (κ2) is 9.57. The quantitative estimate of drug-likeness (QED) is 0.351. The minimum atomic E-state index is -0.970. The van der Waals surface area contributed by atoms with Crippen molar-refractivity contribution < 1.29 is 9.13 Å². The molecule has 0 atom stereocenters. The van der Waals surface area contributed by atoms with E-state index in [-0.39, 0.29) is 5.82 Å². The summed E-state index contributed by atoms with van der Waals surface area (Å²) in [5.74, 6) is 1.55. The highest BCUT2D eigenvalue weighted by molar-refractivity contribution is 6.80. The van der Waals surface area contributed by atoms with E-state index >= 15 is 0 Å². The Morgan fingerprint density at radius 1 is 0.828 bits per heavy atom. The molecule has 2 aliphatic rings. The first-order valence-electron chi connectivity index (χ1n) is 11.5. The maximum atomic E-state index is 13.1. The Balaban J connectivity index is 1.29. The first-order chi connectivity index (χ1) is 14.2. The molecule has 2 fully saturated rings. The summed E-state index contributed by atoms with van der Waals surface area (Å²) >= 11 is 0. The molecular weight excluding hydrogens is 375 g/mol. The molecule has 29 heavy (non-hydrogen) atoms. The van der Waals surface area contributed by atoms with E-state index in [9.17, 15) is 4.39 Å². The monoisotopic (exact) mass is 410 g/mol. The number of halogens is 1. The van der Waals surface area contributed by atoms with Crippen LogP contribution in [0.25, 0.3) is 11.1 Å². The number of methoxy groups -OCH3 is 1. The molecule has 1 nitrogen and oxygen atoms in total. The van der Waals surface area contributed by atoms with Crippen molar-refractivity contribution in [3.05, 3.63) is 59.9 Å². The average molecular weight is 411 g/mol. The lowest BCUT2D eigenvalue weighted by Crippen LogP contribution is -2.41. The van der Waals surface area contributed by atoms with E-state index in [1.807, 2.05) is 19.2 Å². The molecule has 2 aromatic carbocycles. The summed E-state index contributed by atoms with van der Waals surface area (Å²) in [5, 5.41) is 0. The van der Waals surface area contributed by atoms with Gasteiger partial charge in [-0.05, 0) is 66.3 Å². The Labute approximate surface area is 176 Å². The van der Waals surface area contributed by atoms with Crippen molar-refractivity contribution in [1.29, 1.82) is 0 Å². The molecule has 2 aromatic rings. The first-order valence-corrected chi connectivity index (χ1v) is 14.4. The molecule has 0 N–H and O–H groups in total. The summed E-state index contributed by atoms with van der Waals surface area (Å²) in [6.45, 7) is 0.931. The van der Waals surface area contributed by atoms with E-state index in [0.717, 1.165) is 24.0 Å². The lowest BCUT2D eigenvalue weighted by molar-refractivity contribution is 0.185. The molecule has 0 radical (unpaired) electrons. The smallest absolute Gasteiger partial charge is 0.123 e. The van der Waals surface area contributed by atoms with Crippen molar-refractivity contribution >= 4 is 8.07 Å². The SMILES string of the molecule is COCCCC1CC[Si]2(CC1)CCC(c1ccc(-c3ccc(F)cc3)cc1)CC2. The van der Waals surface area contributed by atoms with Gasteiger partial charge >= 0.3 is 0 Å². The number of rotatable bonds is 6. The van der Waals surface area contributed by atoms with Gasteiger partial charge in [0.25, 0.3) is 0 Å². The van der Waals surface area contributed by atoms with Gasteiger partial charge in [0.15, 0.2) is 0 Å². The van der Waals surface area contributed by atoms with Crippen LogP contribution in [0.15, 0.2) is 48.5 Å². The Hall–Kier alpha value is -1.45. The van der Waals surface area contributed by atoms with Crippen molar-refractivity contribution in [2.24, 2.45) is 5.92 Å². The largest absolute Gasteiger partial charge is 0.385 e. The highest BCUT2D eigenvalue weighted by Crippen LogP contribution is 2.47. The standard InChI is InChI=1S/C26H35FOSi/c1-28-16-2-3-21-12-17-29(18-13-21)19-14-25(15-20-29)23-6-4-22(5-7-23)24-8-10-26(27)11-9-24/h4-11,21,25H,2-3,12-20H2,1H3. The summed E-state index contributed by atoms with van der Waals surface area (Å²) in [7, 11) is 0.847. The van der Waals surface area contributed by atoms with Crippen LogP contribution >= 0.6 is 0 Å². The van der Waals surface area contributed by atoms with Crippen LogP contribution in [-0.2, 0) is 4.74 Å². The summed E-state index contributed by atoms with van der Waals surface area (Å²) in [6.07, 6.45) is 8.40. The van der Waals surface area contributed by atoms with E-state index in [4.69, 9.17) is 4.74 Å². The summed E-state index contributed by atoms with van der Waals surface area (Å²) in [4.78, 5) is 0. The van der Waals surface area contributed by atoms with E-state index in [0.29, 0.717) is 0 Å². The normalized spacial score (nSPS) is 27.2. The molecule has 0 bridgehead atoms. The fraction of sp³-hybridized carbons (Fsp3) is 0.538. The Bertz CT molecular complexity index is 752. The predicted octanol–water partition coefficient (Wildman–Crippen LogP) is 7.66. The highest BCUT2D eigenvalue weighted by Gasteiger charge is 2.40. The minimum absolute atomic E-state index is 0.172. The predicted molar refractivity (Wildman–Crippen MR) is 123 cm³/mol. The van der Waals surface area contributed by atoms with Gasteiger partial charge in [-0.1, -0.05) is 73.4 Å². The zero-order valence-electron chi connectivity index (χ0n) is 17.8. The minimum Gasteiger partial charge on any atom is -0.385 e. The van der Waals surface area contributed by atoms with Gasteiger partial charge in [-0.15, -0.1) is 0 Å². The van der Waals surface area contributed by atoms with Gasteiger partial charge in [-0.25, -0.2) is 4.39 Å². The van der Waals surface area contributed by atoms with E-state index in [1.165, 1.54) is 49.7 Å². The average Bonchev–Trinajstić information content (AvgIpc) is 2.77. The van der Waals surface area contributed by atoms with Crippen LogP contribution in [0.3, 0.4) is 0 Å². The molecular formula is C26H35FOSi. The van der Waals surface area contributed by atoms with Crippen molar-refractivity contribution in [3.8, 4) is 11.1 Å². The molecule has 0 amide bonds. The summed E-state index contributed by atoms with van der Waals surface area (Å²) in [5.41, 5.74) is 3.78. The van der Waals surface area contributed by atoms with Crippen molar-refractivity contribution in [1.82, 2.24) is 0 Å². The molecule has 2 aliphatic heterocycles. The fourth-order valence-corrected chi connectivity index (χ4v) is 11.2. The van der Waals surface area contributed by atoms with Crippen molar-refractivity contribution in [2.45, 2.75) is 68.6 Å². The number of ether oxygens (including phenoxy) is 1. The summed E-state index contributed by atoms with van der Waals surface area (Å²) < 4.78 is 18.4.